The summed E-state index contributed by atoms with van der Waals surface area (Å²) in [4.78, 5) is 17.2. The highest BCUT2D eigenvalue weighted by molar-refractivity contribution is 5.93. The van der Waals surface area contributed by atoms with Gasteiger partial charge in [-0.05, 0) is 24.8 Å². The molecule has 1 N–H and O–H groups in total. The van der Waals surface area contributed by atoms with Crippen LogP contribution in [0.15, 0.2) is 18.3 Å². The van der Waals surface area contributed by atoms with Crippen molar-refractivity contribution in [1.82, 2.24) is 9.88 Å². The second kappa shape index (κ2) is 6.51. The van der Waals surface area contributed by atoms with Crippen LogP contribution in [0.3, 0.4) is 0 Å². The van der Waals surface area contributed by atoms with Crippen LogP contribution in [0.1, 0.15) is 23.2 Å². The van der Waals surface area contributed by atoms with E-state index in [4.69, 9.17) is 0 Å². The maximum absolute atomic E-state index is 12.1. The van der Waals surface area contributed by atoms with Gasteiger partial charge in [0, 0.05) is 25.9 Å². The number of alkyl halides is 3. The molecule has 0 bridgehead atoms. The second-order valence-corrected chi connectivity index (χ2v) is 5.38. The molecule has 1 unspecified atom stereocenters. The second-order valence-electron chi connectivity index (χ2n) is 5.38. The van der Waals surface area contributed by atoms with Gasteiger partial charge < -0.3 is 14.7 Å². The fraction of sp³-hybridized carbons (Fsp3) is 0.571. The van der Waals surface area contributed by atoms with Gasteiger partial charge in [-0.1, -0.05) is 0 Å². The first-order chi connectivity index (χ1) is 10.3. The molecule has 1 aromatic heterocycles. The van der Waals surface area contributed by atoms with Gasteiger partial charge in [0.2, 0.25) is 5.88 Å². The number of likely N-dealkylation sites (N-methyl/N-ethyl adjacent to an activating group) is 1. The summed E-state index contributed by atoms with van der Waals surface area (Å²) in [5.41, 5.74) is 0.227. The molecule has 0 saturated heterocycles. The molecule has 1 atom stereocenters. The minimum atomic E-state index is -4.44. The summed E-state index contributed by atoms with van der Waals surface area (Å²) in [7, 11) is 1.56. The number of carbonyl (C=O) groups excluding carboxylic acids is 1. The third-order valence-electron chi connectivity index (χ3n) is 3.34. The molecule has 2 rings (SSSR count). The number of carbonyl (C=O) groups is 1. The lowest BCUT2D eigenvalue weighted by Crippen LogP contribution is -2.35. The highest BCUT2D eigenvalue weighted by Gasteiger charge is 2.31. The molecule has 1 heterocycles. The number of aliphatic hydroxyl groups is 1. The first kappa shape index (κ1) is 16.5. The summed E-state index contributed by atoms with van der Waals surface area (Å²) in [6.45, 7) is -1.21. The Balaban J connectivity index is 1.89. The molecule has 1 aliphatic carbocycles. The Morgan fingerprint density at radius 3 is 2.68 bits per heavy atom. The number of hydrogen-bond acceptors (Lipinski definition) is 4. The molecule has 1 aliphatic rings. The van der Waals surface area contributed by atoms with Crippen molar-refractivity contribution >= 4 is 5.91 Å². The van der Waals surface area contributed by atoms with Gasteiger partial charge in [-0.15, -0.1) is 0 Å². The first-order valence-corrected chi connectivity index (χ1v) is 6.85. The van der Waals surface area contributed by atoms with Crippen molar-refractivity contribution in [1.29, 1.82) is 0 Å². The van der Waals surface area contributed by atoms with Gasteiger partial charge in [0.25, 0.3) is 5.91 Å². The average molecular weight is 318 g/mol. The van der Waals surface area contributed by atoms with Gasteiger partial charge in [0.1, 0.15) is 0 Å². The molecule has 122 valence electrons. The third kappa shape index (κ3) is 4.87. The Labute approximate surface area is 125 Å². The molecule has 0 aliphatic heterocycles. The Bertz CT molecular complexity index is 515. The van der Waals surface area contributed by atoms with Crippen molar-refractivity contribution in [3.8, 4) is 5.88 Å². The van der Waals surface area contributed by atoms with Gasteiger partial charge in [-0.3, -0.25) is 4.79 Å². The molecule has 8 heteroatoms. The van der Waals surface area contributed by atoms with E-state index in [1.165, 1.54) is 17.0 Å². The molecule has 1 fully saturated rings. The first-order valence-electron chi connectivity index (χ1n) is 6.85. The lowest BCUT2D eigenvalue weighted by atomic mass is 10.2. The van der Waals surface area contributed by atoms with Crippen molar-refractivity contribution in [3.05, 3.63) is 23.9 Å². The summed E-state index contributed by atoms with van der Waals surface area (Å²) in [5.74, 6) is -0.296. The standard InChI is InChI=1S/C14H17F3N2O3/c1-19(7-11(20)9-2-3-9)13(21)10-4-5-12(18-6-10)22-8-14(15,16)17/h4-6,9,11,20H,2-3,7-8H2,1H3. The maximum atomic E-state index is 12.1. The van der Waals surface area contributed by atoms with Gasteiger partial charge in [0.05, 0.1) is 11.7 Å². The van der Waals surface area contributed by atoms with Crippen molar-refractivity contribution in [2.75, 3.05) is 20.2 Å². The van der Waals surface area contributed by atoms with E-state index in [2.05, 4.69) is 9.72 Å². The van der Waals surface area contributed by atoms with Crippen LogP contribution in [-0.4, -0.2) is 53.4 Å². The topological polar surface area (TPSA) is 62.7 Å². The van der Waals surface area contributed by atoms with E-state index in [1.54, 1.807) is 7.05 Å². The van der Waals surface area contributed by atoms with Crippen LogP contribution in [0.25, 0.3) is 0 Å². The van der Waals surface area contributed by atoms with Crippen LogP contribution < -0.4 is 4.74 Å². The zero-order valence-corrected chi connectivity index (χ0v) is 12.0. The molecule has 5 nitrogen and oxygen atoms in total. The van der Waals surface area contributed by atoms with Crippen LogP contribution in [-0.2, 0) is 0 Å². The number of nitrogens with zero attached hydrogens (tertiary/aromatic N) is 2. The van der Waals surface area contributed by atoms with Crippen molar-refractivity contribution in [3.63, 3.8) is 0 Å². The summed E-state index contributed by atoms with van der Waals surface area (Å²) in [6, 6.07) is 2.56. The Morgan fingerprint density at radius 2 is 2.18 bits per heavy atom. The Morgan fingerprint density at radius 1 is 1.50 bits per heavy atom. The number of amides is 1. The summed E-state index contributed by atoms with van der Waals surface area (Å²) >= 11 is 0. The Kier molecular flexibility index (Phi) is 4.90. The summed E-state index contributed by atoms with van der Waals surface area (Å²) < 4.78 is 40.5. The molecule has 0 radical (unpaired) electrons. The quantitative estimate of drug-likeness (QED) is 0.870. The van der Waals surface area contributed by atoms with Crippen LogP contribution in [0.2, 0.25) is 0 Å². The molecule has 1 amide bonds. The predicted molar refractivity (Wildman–Crippen MR) is 71.5 cm³/mol. The monoisotopic (exact) mass is 318 g/mol. The van der Waals surface area contributed by atoms with E-state index in [1.807, 2.05) is 0 Å². The average Bonchev–Trinajstić information content (AvgIpc) is 3.28. The molecule has 1 aromatic rings. The fourth-order valence-electron chi connectivity index (χ4n) is 1.96. The highest BCUT2D eigenvalue weighted by atomic mass is 19.4. The minimum absolute atomic E-state index is 0.199. The third-order valence-corrected chi connectivity index (χ3v) is 3.34. The lowest BCUT2D eigenvalue weighted by Gasteiger charge is -2.20. The number of hydrogen-bond donors (Lipinski definition) is 1. The molecule has 22 heavy (non-hydrogen) atoms. The van der Waals surface area contributed by atoms with Crippen LogP contribution in [0.5, 0.6) is 5.88 Å². The fourth-order valence-corrected chi connectivity index (χ4v) is 1.96. The van der Waals surface area contributed by atoms with E-state index in [0.29, 0.717) is 0 Å². The highest BCUT2D eigenvalue weighted by Crippen LogP contribution is 2.32. The van der Waals surface area contributed by atoms with Gasteiger partial charge in [0.15, 0.2) is 6.61 Å². The number of halogens is 3. The number of aliphatic hydroxyl groups excluding tert-OH is 1. The Hall–Kier alpha value is -1.83. The van der Waals surface area contributed by atoms with E-state index in [9.17, 15) is 23.1 Å². The van der Waals surface area contributed by atoms with Crippen LogP contribution in [0, 0.1) is 5.92 Å². The van der Waals surface area contributed by atoms with E-state index in [-0.39, 0.29) is 29.8 Å². The zero-order valence-electron chi connectivity index (χ0n) is 12.0. The predicted octanol–water partition coefficient (Wildman–Crippen LogP) is 1.87. The molecule has 0 spiro atoms. The molecule has 1 saturated carbocycles. The van der Waals surface area contributed by atoms with Gasteiger partial charge in [-0.25, -0.2) is 4.98 Å². The number of pyridine rings is 1. The normalized spacial score (nSPS) is 16.2. The smallest absolute Gasteiger partial charge is 0.422 e. The van der Waals surface area contributed by atoms with E-state index >= 15 is 0 Å². The van der Waals surface area contributed by atoms with Gasteiger partial charge in [-0.2, -0.15) is 13.2 Å². The maximum Gasteiger partial charge on any atom is 0.422 e. The summed E-state index contributed by atoms with van der Waals surface area (Å²) in [5, 5.41) is 9.81. The van der Waals surface area contributed by atoms with Crippen molar-refractivity contribution in [2.45, 2.75) is 25.1 Å². The van der Waals surface area contributed by atoms with Crippen molar-refractivity contribution in [2.24, 2.45) is 5.92 Å². The largest absolute Gasteiger partial charge is 0.468 e. The van der Waals surface area contributed by atoms with Crippen LogP contribution >= 0.6 is 0 Å². The minimum Gasteiger partial charge on any atom is -0.468 e. The number of aromatic nitrogens is 1. The van der Waals surface area contributed by atoms with Crippen LogP contribution in [0.4, 0.5) is 13.2 Å². The van der Waals surface area contributed by atoms with Crippen molar-refractivity contribution < 1.29 is 27.8 Å². The number of rotatable bonds is 6. The molecular weight excluding hydrogens is 301 g/mol. The number of ether oxygens (including phenoxy) is 1. The SMILES string of the molecule is CN(CC(O)C1CC1)C(=O)c1ccc(OCC(F)(F)F)nc1. The van der Waals surface area contributed by atoms with Gasteiger partial charge >= 0.3 is 6.18 Å². The zero-order chi connectivity index (χ0) is 16.3. The molecular formula is C14H17F3N2O3. The molecule has 0 aromatic carbocycles. The van der Waals surface area contributed by atoms with E-state index in [0.717, 1.165) is 19.0 Å². The van der Waals surface area contributed by atoms with E-state index < -0.39 is 18.9 Å². The summed E-state index contributed by atoms with van der Waals surface area (Å²) in [6.07, 6.45) is -1.88. The lowest BCUT2D eigenvalue weighted by molar-refractivity contribution is -0.154.